The second kappa shape index (κ2) is 8.41. The van der Waals surface area contributed by atoms with Gasteiger partial charge in [-0.05, 0) is 42.4 Å². The largest absolute Gasteiger partial charge is 0.343 e. The third-order valence-electron chi connectivity index (χ3n) is 4.71. The molecule has 0 spiro atoms. The number of likely N-dealkylation sites (N-methyl/N-ethyl adjacent to an activating group) is 2. The zero-order valence-corrected chi connectivity index (χ0v) is 16.2. The molecule has 27 heavy (non-hydrogen) atoms. The summed E-state index contributed by atoms with van der Waals surface area (Å²) < 4.78 is 0. The van der Waals surface area contributed by atoms with Gasteiger partial charge < -0.3 is 15.5 Å². The molecule has 0 aromatic heterocycles. The minimum Gasteiger partial charge on any atom is -0.343 e. The molecule has 1 aliphatic heterocycles. The van der Waals surface area contributed by atoms with E-state index in [2.05, 4.69) is 10.6 Å². The molecule has 2 aromatic carbocycles. The molecule has 1 aliphatic rings. The fourth-order valence-electron chi connectivity index (χ4n) is 3.05. The van der Waals surface area contributed by atoms with E-state index in [4.69, 9.17) is 11.6 Å². The summed E-state index contributed by atoms with van der Waals surface area (Å²) in [5.41, 5.74) is 2.81. The number of benzene rings is 2. The molecule has 1 heterocycles. The van der Waals surface area contributed by atoms with Crippen LogP contribution in [0.15, 0.2) is 48.5 Å². The van der Waals surface area contributed by atoms with Crippen molar-refractivity contribution in [2.24, 2.45) is 0 Å². The average Bonchev–Trinajstić information content (AvgIpc) is 2.65. The van der Waals surface area contributed by atoms with Crippen LogP contribution in [0.4, 0.5) is 10.5 Å². The molecular weight excluding hydrogens is 364 g/mol. The number of nitrogens with zero attached hydrogens (tertiary/aromatic N) is 2. The van der Waals surface area contributed by atoms with Gasteiger partial charge in [-0.2, -0.15) is 0 Å². The first-order chi connectivity index (χ1) is 12.9. The van der Waals surface area contributed by atoms with Gasteiger partial charge in [-0.15, -0.1) is 0 Å². The molecule has 0 aliphatic carbocycles. The summed E-state index contributed by atoms with van der Waals surface area (Å²) in [6, 6.07) is 14.9. The van der Waals surface area contributed by atoms with Crippen molar-refractivity contribution in [2.45, 2.75) is 12.6 Å². The van der Waals surface area contributed by atoms with E-state index in [0.717, 1.165) is 16.8 Å². The lowest BCUT2D eigenvalue weighted by atomic mass is 10.0. The van der Waals surface area contributed by atoms with E-state index in [9.17, 15) is 9.59 Å². The Hall–Kier alpha value is -2.57. The summed E-state index contributed by atoms with van der Waals surface area (Å²) in [6.45, 7) is 1.49. The number of anilines is 1. The lowest BCUT2D eigenvalue weighted by Gasteiger charge is -2.37. The van der Waals surface area contributed by atoms with Crippen LogP contribution in [0.2, 0.25) is 5.02 Å². The Kier molecular flexibility index (Phi) is 5.98. The fourth-order valence-corrected chi connectivity index (χ4v) is 3.18. The first kappa shape index (κ1) is 19.2. The molecule has 1 saturated heterocycles. The lowest BCUT2D eigenvalue weighted by molar-refractivity contribution is -0.136. The molecule has 1 fully saturated rings. The highest BCUT2D eigenvalue weighted by Crippen LogP contribution is 2.25. The molecule has 0 radical (unpaired) electrons. The summed E-state index contributed by atoms with van der Waals surface area (Å²) in [7, 11) is 3.77. The van der Waals surface area contributed by atoms with Crippen molar-refractivity contribution in [2.75, 3.05) is 32.5 Å². The maximum Gasteiger partial charge on any atom is 0.319 e. The predicted octanol–water partition coefficient (Wildman–Crippen LogP) is 3.11. The summed E-state index contributed by atoms with van der Waals surface area (Å²) in [5.74, 6) is 0.129. The molecule has 6 nitrogen and oxygen atoms in total. The number of hydrogen-bond donors (Lipinski definition) is 2. The Bertz CT molecular complexity index is 808. The van der Waals surface area contributed by atoms with Crippen molar-refractivity contribution < 1.29 is 9.59 Å². The number of amides is 3. The number of hydrogen-bond acceptors (Lipinski definition) is 3. The van der Waals surface area contributed by atoms with E-state index < -0.39 is 0 Å². The van der Waals surface area contributed by atoms with Crippen LogP contribution < -0.4 is 10.6 Å². The van der Waals surface area contributed by atoms with Gasteiger partial charge in [-0.25, -0.2) is 4.79 Å². The van der Waals surface area contributed by atoms with Crippen molar-refractivity contribution in [1.29, 1.82) is 0 Å². The van der Waals surface area contributed by atoms with Gasteiger partial charge in [0, 0.05) is 30.8 Å². The number of carbonyl (C=O) groups excluding carboxylic acids is 2. The Morgan fingerprint density at radius 2 is 1.78 bits per heavy atom. The predicted molar refractivity (Wildman–Crippen MR) is 107 cm³/mol. The van der Waals surface area contributed by atoms with Crippen molar-refractivity contribution in [3.8, 4) is 0 Å². The molecule has 0 saturated carbocycles. The maximum atomic E-state index is 12.1. The molecule has 1 unspecified atom stereocenters. The van der Waals surface area contributed by atoms with Crippen molar-refractivity contribution in [1.82, 2.24) is 15.1 Å². The van der Waals surface area contributed by atoms with E-state index in [1.165, 1.54) is 0 Å². The van der Waals surface area contributed by atoms with Gasteiger partial charge in [0.1, 0.15) is 0 Å². The van der Waals surface area contributed by atoms with Gasteiger partial charge in [0.05, 0.1) is 12.6 Å². The van der Waals surface area contributed by atoms with E-state index in [-0.39, 0.29) is 18.0 Å². The fraction of sp³-hybridized carbons (Fsp3) is 0.300. The van der Waals surface area contributed by atoms with Gasteiger partial charge in [0.15, 0.2) is 0 Å². The first-order valence-electron chi connectivity index (χ1n) is 8.76. The molecule has 2 N–H and O–H groups in total. The van der Waals surface area contributed by atoms with Gasteiger partial charge in [0.25, 0.3) is 0 Å². The first-order valence-corrected chi connectivity index (χ1v) is 9.13. The topological polar surface area (TPSA) is 64.7 Å². The van der Waals surface area contributed by atoms with Crippen LogP contribution >= 0.6 is 11.6 Å². The van der Waals surface area contributed by atoms with E-state index in [1.807, 2.05) is 55.4 Å². The van der Waals surface area contributed by atoms with Gasteiger partial charge in [-0.3, -0.25) is 9.69 Å². The van der Waals surface area contributed by atoms with Crippen LogP contribution in [0.5, 0.6) is 0 Å². The minimum absolute atomic E-state index is 0.129. The van der Waals surface area contributed by atoms with Crippen LogP contribution in [-0.4, -0.2) is 48.9 Å². The Balaban J connectivity index is 1.54. The number of urea groups is 1. The monoisotopic (exact) mass is 386 g/mol. The van der Waals surface area contributed by atoms with E-state index >= 15 is 0 Å². The molecule has 7 heteroatoms. The van der Waals surface area contributed by atoms with Gasteiger partial charge in [-0.1, -0.05) is 35.9 Å². The second-order valence-electron chi connectivity index (χ2n) is 6.76. The number of rotatable bonds is 4. The Morgan fingerprint density at radius 3 is 2.44 bits per heavy atom. The number of piperazine rings is 1. The van der Waals surface area contributed by atoms with Crippen LogP contribution in [0.1, 0.15) is 17.2 Å². The lowest BCUT2D eigenvalue weighted by Crippen LogP contribution is -2.48. The third-order valence-corrected chi connectivity index (χ3v) is 4.96. The summed E-state index contributed by atoms with van der Waals surface area (Å²) in [4.78, 5) is 27.6. The van der Waals surface area contributed by atoms with Gasteiger partial charge >= 0.3 is 6.03 Å². The molecule has 142 valence electrons. The van der Waals surface area contributed by atoms with Crippen LogP contribution in [0.25, 0.3) is 0 Å². The quantitative estimate of drug-likeness (QED) is 0.848. The summed E-state index contributed by atoms with van der Waals surface area (Å²) >= 11 is 5.85. The second-order valence-corrected chi connectivity index (χ2v) is 7.20. The molecule has 1 atom stereocenters. The van der Waals surface area contributed by atoms with E-state index in [1.54, 1.807) is 17.0 Å². The number of carbonyl (C=O) groups is 2. The van der Waals surface area contributed by atoms with Crippen molar-refractivity contribution >= 4 is 29.2 Å². The Morgan fingerprint density at radius 1 is 1.11 bits per heavy atom. The molecule has 3 rings (SSSR count). The summed E-state index contributed by atoms with van der Waals surface area (Å²) in [5, 5.41) is 6.31. The van der Waals surface area contributed by atoms with Crippen molar-refractivity contribution in [3.63, 3.8) is 0 Å². The number of halogens is 1. The standard InChI is InChI=1S/C20H23ClN4O2/c1-24-13-19(26)25(2)12-18(24)15-5-9-17(10-6-15)23-20(27)22-11-14-3-7-16(21)8-4-14/h3-10,18H,11-13H2,1-2H3,(H2,22,23,27). The van der Waals surface area contributed by atoms with Gasteiger partial charge in [0.2, 0.25) is 5.91 Å². The average molecular weight is 387 g/mol. The summed E-state index contributed by atoms with van der Waals surface area (Å²) in [6.07, 6.45) is 0. The van der Waals surface area contributed by atoms with Crippen LogP contribution in [0, 0.1) is 0 Å². The molecule has 3 amide bonds. The van der Waals surface area contributed by atoms with Crippen LogP contribution in [-0.2, 0) is 11.3 Å². The Labute approximate surface area is 164 Å². The zero-order valence-electron chi connectivity index (χ0n) is 15.4. The van der Waals surface area contributed by atoms with E-state index in [0.29, 0.717) is 24.7 Å². The molecular formula is C20H23ClN4O2. The molecule has 2 aromatic rings. The van der Waals surface area contributed by atoms with Crippen LogP contribution in [0.3, 0.4) is 0 Å². The smallest absolute Gasteiger partial charge is 0.319 e. The third kappa shape index (κ3) is 4.99. The SMILES string of the molecule is CN1CC(c2ccc(NC(=O)NCc3ccc(Cl)cc3)cc2)N(C)CC1=O. The minimum atomic E-state index is -0.266. The highest BCUT2D eigenvalue weighted by Gasteiger charge is 2.28. The highest BCUT2D eigenvalue weighted by molar-refractivity contribution is 6.30. The highest BCUT2D eigenvalue weighted by atomic mass is 35.5. The number of nitrogens with one attached hydrogen (secondary N) is 2. The zero-order chi connectivity index (χ0) is 19.4. The molecule has 0 bridgehead atoms. The maximum absolute atomic E-state index is 12.1. The van der Waals surface area contributed by atoms with Crippen molar-refractivity contribution in [3.05, 3.63) is 64.7 Å². The normalized spacial score (nSPS) is 17.7.